The number of halogens is 2. The van der Waals surface area contributed by atoms with Gasteiger partial charge in [0, 0.05) is 23.8 Å². The van der Waals surface area contributed by atoms with Crippen molar-refractivity contribution in [3.05, 3.63) is 34.2 Å². The van der Waals surface area contributed by atoms with E-state index in [0.29, 0.717) is 15.9 Å². The van der Waals surface area contributed by atoms with Gasteiger partial charge in [0.1, 0.15) is 11.3 Å². The minimum Gasteiger partial charge on any atom is -0.387 e. The molecular weight excluding hydrogens is 239 g/mol. The Hall–Kier alpha value is -1.35. The van der Waals surface area contributed by atoms with Crippen LogP contribution < -0.4 is 5.32 Å². The zero-order valence-corrected chi connectivity index (χ0v) is 10.8. The van der Waals surface area contributed by atoms with Crippen molar-refractivity contribution in [1.29, 1.82) is 0 Å². The first kappa shape index (κ1) is 12.1. The summed E-state index contributed by atoms with van der Waals surface area (Å²) in [6.45, 7) is 3.93. The molecule has 0 spiro atoms. The molecule has 0 atom stereocenters. The van der Waals surface area contributed by atoms with Crippen LogP contribution in [-0.4, -0.2) is 12.0 Å². The van der Waals surface area contributed by atoms with Crippen LogP contribution in [0.15, 0.2) is 12.1 Å². The summed E-state index contributed by atoms with van der Waals surface area (Å²) >= 11 is 6.15. The molecule has 2 nitrogen and oxygen atoms in total. The zero-order chi connectivity index (χ0) is 12.6. The first-order valence-electron chi connectivity index (χ1n) is 5.55. The zero-order valence-electron chi connectivity index (χ0n) is 10.1. The van der Waals surface area contributed by atoms with E-state index < -0.39 is 0 Å². The molecule has 4 heteroatoms. The van der Waals surface area contributed by atoms with E-state index in [9.17, 15) is 4.39 Å². The minimum absolute atomic E-state index is 0.330. The summed E-state index contributed by atoms with van der Waals surface area (Å²) in [4.78, 5) is 4.32. The summed E-state index contributed by atoms with van der Waals surface area (Å²) < 4.78 is 13.7. The molecule has 1 N–H and O–H groups in total. The average molecular weight is 253 g/mol. The normalized spacial score (nSPS) is 10.9. The second kappa shape index (κ2) is 4.49. The van der Waals surface area contributed by atoms with Gasteiger partial charge in [-0.1, -0.05) is 18.5 Å². The van der Waals surface area contributed by atoms with E-state index in [1.54, 1.807) is 6.07 Å². The molecule has 2 aromatic rings. The number of rotatable bonds is 2. The molecule has 0 aliphatic rings. The van der Waals surface area contributed by atoms with Gasteiger partial charge in [-0.2, -0.15) is 0 Å². The fourth-order valence-electron chi connectivity index (χ4n) is 2.16. The summed E-state index contributed by atoms with van der Waals surface area (Å²) in [5.41, 5.74) is 3.12. The Kier molecular flexibility index (Phi) is 3.20. The van der Waals surface area contributed by atoms with Gasteiger partial charge in [-0.05, 0) is 31.0 Å². The van der Waals surface area contributed by atoms with E-state index in [-0.39, 0.29) is 5.82 Å². The predicted octanol–water partition coefficient (Wildman–Crippen LogP) is 3.94. The molecule has 0 saturated carbocycles. The van der Waals surface area contributed by atoms with Gasteiger partial charge in [0.15, 0.2) is 0 Å². The molecule has 0 saturated heterocycles. The van der Waals surface area contributed by atoms with Crippen LogP contribution >= 0.6 is 11.6 Å². The lowest BCUT2D eigenvalue weighted by Gasteiger charge is -2.15. The maximum atomic E-state index is 13.7. The van der Waals surface area contributed by atoms with E-state index in [0.717, 1.165) is 23.4 Å². The number of nitrogens with zero attached hydrogens (tertiary/aromatic N) is 1. The van der Waals surface area contributed by atoms with Gasteiger partial charge in [-0.25, -0.2) is 9.37 Å². The summed E-state index contributed by atoms with van der Waals surface area (Å²) in [5, 5.41) is 4.29. The molecule has 0 aliphatic carbocycles. The second-order valence-electron chi connectivity index (χ2n) is 3.91. The Morgan fingerprint density at radius 1 is 1.41 bits per heavy atom. The molecule has 1 aromatic heterocycles. The number of pyridine rings is 1. The van der Waals surface area contributed by atoms with E-state index >= 15 is 0 Å². The molecule has 0 aliphatic heterocycles. The largest absolute Gasteiger partial charge is 0.387 e. The van der Waals surface area contributed by atoms with Crippen molar-refractivity contribution in [2.75, 3.05) is 12.4 Å². The van der Waals surface area contributed by atoms with Gasteiger partial charge in [-0.15, -0.1) is 0 Å². The number of hydrogen-bond donors (Lipinski definition) is 1. The van der Waals surface area contributed by atoms with E-state index in [1.807, 2.05) is 20.9 Å². The Bertz CT molecular complexity index is 581. The number of nitrogens with one attached hydrogen (secondary N) is 1. The highest BCUT2D eigenvalue weighted by molar-refractivity contribution is 6.36. The number of benzene rings is 1. The third-order valence-electron chi connectivity index (χ3n) is 2.95. The Morgan fingerprint density at radius 3 is 2.71 bits per heavy atom. The Balaban J connectivity index is 2.98. The molecule has 0 unspecified atom stereocenters. The van der Waals surface area contributed by atoms with Crippen molar-refractivity contribution in [2.24, 2.45) is 0 Å². The number of aryl methyl sites for hydroxylation is 1. The molecule has 17 heavy (non-hydrogen) atoms. The molecule has 0 fully saturated rings. The lowest BCUT2D eigenvalue weighted by atomic mass is 10.0. The van der Waals surface area contributed by atoms with Crippen molar-refractivity contribution in [2.45, 2.75) is 20.3 Å². The monoisotopic (exact) mass is 252 g/mol. The second-order valence-corrected chi connectivity index (χ2v) is 4.31. The molecule has 0 amide bonds. The summed E-state index contributed by atoms with van der Waals surface area (Å²) in [6.07, 6.45) is 0.831. The number of hydrogen-bond acceptors (Lipinski definition) is 2. The van der Waals surface area contributed by atoms with Crippen LogP contribution in [0.2, 0.25) is 5.02 Å². The maximum absolute atomic E-state index is 13.7. The topological polar surface area (TPSA) is 24.9 Å². The number of aromatic nitrogens is 1. The van der Waals surface area contributed by atoms with Crippen molar-refractivity contribution < 1.29 is 4.39 Å². The lowest BCUT2D eigenvalue weighted by Crippen LogP contribution is -2.02. The van der Waals surface area contributed by atoms with Crippen LogP contribution in [0.25, 0.3) is 10.9 Å². The molecule has 2 rings (SSSR count). The highest BCUT2D eigenvalue weighted by Gasteiger charge is 2.15. The molecule has 90 valence electrons. The van der Waals surface area contributed by atoms with Gasteiger partial charge in [-0.3, -0.25) is 0 Å². The smallest absolute Gasteiger partial charge is 0.149 e. The van der Waals surface area contributed by atoms with Crippen LogP contribution in [-0.2, 0) is 6.42 Å². The molecule has 1 heterocycles. The molecule has 1 aromatic carbocycles. The highest BCUT2D eigenvalue weighted by atomic mass is 35.5. The summed E-state index contributed by atoms with van der Waals surface area (Å²) in [5.74, 6) is -0.341. The van der Waals surface area contributed by atoms with Crippen molar-refractivity contribution in [3.63, 3.8) is 0 Å². The summed E-state index contributed by atoms with van der Waals surface area (Å²) in [7, 11) is 1.81. The third kappa shape index (κ3) is 1.84. The number of anilines is 1. The fourth-order valence-corrected chi connectivity index (χ4v) is 2.41. The van der Waals surface area contributed by atoms with E-state index in [1.165, 1.54) is 6.07 Å². The first-order valence-corrected chi connectivity index (χ1v) is 5.92. The van der Waals surface area contributed by atoms with Crippen LogP contribution in [0.3, 0.4) is 0 Å². The SMILES string of the molecule is CCc1c(C)nc2c(F)ccc(Cl)c2c1NC. The Morgan fingerprint density at radius 2 is 2.12 bits per heavy atom. The minimum atomic E-state index is -0.341. The average Bonchev–Trinajstić information content (AvgIpc) is 2.32. The van der Waals surface area contributed by atoms with Crippen LogP contribution in [0.4, 0.5) is 10.1 Å². The fraction of sp³-hybridized carbons (Fsp3) is 0.308. The lowest BCUT2D eigenvalue weighted by molar-refractivity contribution is 0.636. The standard InChI is InChI=1S/C13H14ClFN2/c1-4-8-7(2)17-13-10(15)6-5-9(14)11(13)12(8)16-3/h5-6H,4H2,1-3H3,(H,16,17). The van der Waals surface area contributed by atoms with Gasteiger partial charge in [0.05, 0.1) is 5.02 Å². The predicted molar refractivity (Wildman–Crippen MR) is 70.4 cm³/mol. The van der Waals surface area contributed by atoms with Crippen molar-refractivity contribution in [3.8, 4) is 0 Å². The van der Waals surface area contributed by atoms with Crippen molar-refractivity contribution in [1.82, 2.24) is 4.98 Å². The first-order chi connectivity index (χ1) is 8.10. The third-order valence-corrected chi connectivity index (χ3v) is 3.26. The van der Waals surface area contributed by atoms with Gasteiger partial charge in [0.25, 0.3) is 0 Å². The van der Waals surface area contributed by atoms with Gasteiger partial charge in [0.2, 0.25) is 0 Å². The molecule has 0 radical (unpaired) electrons. The quantitative estimate of drug-likeness (QED) is 0.876. The van der Waals surface area contributed by atoms with Gasteiger partial charge < -0.3 is 5.32 Å². The van der Waals surface area contributed by atoms with Crippen LogP contribution in [0.5, 0.6) is 0 Å². The van der Waals surface area contributed by atoms with Crippen LogP contribution in [0.1, 0.15) is 18.2 Å². The van der Waals surface area contributed by atoms with Crippen molar-refractivity contribution >= 4 is 28.2 Å². The summed E-state index contributed by atoms with van der Waals surface area (Å²) in [6, 6.07) is 2.92. The van der Waals surface area contributed by atoms with Crippen LogP contribution in [0, 0.1) is 12.7 Å². The number of fused-ring (bicyclic) bond motifs is 1. The Labute approximate surface area is 105 Å². The van der Waals surface area contributed by atoms with Gasteiger partial charge >= 0.3 is 0 Å². The van der Waals surface area contributed by atoms with E-state index in [2.05, 4.69) is 10.3 Å². The maximum Gasteiger partial charge on any atom is 0.149 e. The molecular formula is C13H14ClFN2. The van der Waals surface area contributed by atoms with E-state index in [4.69, 9.17) is 11.6 Å². The highest BCUT2D eigenvalue weighted by Crippen LogP contribution is 2.34. The molecule has 0 bridgehead atoms.